The number of benzene rings is 2. The van der Waals surface area contributed by atoms with Gasteiger partial charge in [0.1, 0.15) is 5.75 Å². The first-order valence-electron chi connectivity index (χ1n) is 8.75. The van der Waals surface area contributed by atoms with Gasteiger partial charge in [0.25, 0.3) is 5.91 Å². The number of carbonyl (C=O) groups excluding carboxylic acids is 1. The number of ether oxygens (including phenoxy) is 3. The van der Waals surface area contributed by atoms with E-state index >= 15 is 0 Å². The van der Waals surface area contributed by atoms with Gasteiger partial charge in [-0.3, -0.25) is 9.78 Å². The molecular formula is C21H19N3O4. The number of pyridine rings is 1. The third-order valence-electron chi connectivity index (χ3n) is 4.29. The molecule has 7 heteroatoms. The van der Waals surface area contributed by atoms with Gasteiger partial charge in [0.2, 0.25) is 6.79 Å². The highest BCUT2D eigenvalue weighted by Crippen LogP contribution is 2.32. The summed E-state index contributed by atoms with van der Waals surface area (Å²) >= 11 is 0. The Morgan fingerprint density at radius 1 is 1.11 bits per heavy atom. The lowest BCUT2D eigenvalue weighted by Gasteiger charge is -2.11. The molecule has 0 aliphatic carbocycles. The van der Waals surface area contributed by atoms with Crippen molar-refractivity contribution in [1.82, 2.24) is 4.98 Å². The number of rotatable bonds is 6. The highest BCUT2D eigenvalue weighted by atomic mass is 16.7. The van der Waals surface area contributed by atoms with Crippen LogP contribution in [0.1, 0.15) is 15.9 Å². The molecule has 0 unspecified atom stereocenters. The summed E-state index contributed by atoms with van der Waals surface area (Å²) in [5, 5.41) is 6.12. The summed E-state index contributed by atoms with van der Waals surface area (Å²) in [5.74, 6) is 1.83. The van der Waals surface area contributed by atoms with Crippen LogP contribution in [-0.4, -0.2) is 24.8 Å². The van der Waals surface area contributed by atoms with Crippen molar-refractivity contribution in [3.8, 4) is 17.2 Å². The van der Waals surface area contributed by atoms with Crippen LogP contribution in [0.2, 0.25) is 0 Å². The predicted molar refractivity (Wildman–Crippen MR) is 105 cm³/mol. The normalized spacial score (nSPS) is 11.8. The zero-order valence-corrected chi connectivity index (χ0v) is 15.3. The van der Waals surface area contributed by atoms with Crippen molar-refractivity contribution >= 4 is 17.3 Å². The van der Waals surface area contributed by atoms with Gasteiger partial charge in [-0.15, -0.1) is 0 Å². The molecule has 1 aliphatic heterocycles. The Hall–Kier alpha value is -3.74. The fourth-order valence-electron chi connectivity index (χ4n) is 2.86. The van der Waals surface area contributed by atoms with Crippen LogP contribution in [0.15, 0.2) is 60.9 Å². The number of methoxy groups -OCH3 is 1. The van der Waals surface area contributed by atoms with Crippen molar-refractivity contribution in [2.45, 2.75) is 6.54 Å². The van der Waals surface area contributed by atoms with Crippen LogP contribution in [0, 0.1) is 0 Å². The first-order chi connectivity index (χ1) is 13.7. The SMILES string of the molecule is COc1ccccc1NC(=O)c1cncc(NCc2ccc3c(c2)OCO3)c1. The first-order valence-corrected chi connectivity index (χ1v) is 8.75. The number of fused-ring (bicyclic) bond motifs is 1. The summed E-state index contributed by atoms with van der Waals surface area (Å²) in [6, 6.07) is 14.8. The Labute approximate surface area is 162 Å². The van der Waals surface area contributed by atoms with E-state index in [0.717, 1.165) is 22.7 Å². The molecule has 0 saturated heterocycles. The highest BCUT2D eigenvalue weighted by Gasteiger charge is 2.13. The second kappa shape index (κ2) is 7.87. The van der Waals surface area contributed by atoms with Crippen LogP contribution in [0.3, 0.4) is 0 Å². The summed E-state index contributed by atoms with van der Waals surface area (Å²) in [5.41, 5.74) is 2.83. The minimum absolute atomic E-state index is 0.249. The largest absolute Gasteiger partial charge is 0.495 e. The summed E-state index contributed by atoms with van der Waals surface area (Å²) in [6.07, 6.45) is 3.20. The van der Waals surface area contributed by atoms with Gasteiger partial charge in [-0.2, -0.15) is 0 Å². The summed E-state index contributed by atoms with van der Waals surface area (Å²) in [4.78, 5) is 16.7. The average Bonchev–Trinajstić information content (AvgIpc) is 3.21. The molecule has 0 atom stereocenters. The average molecular weight is 377 g/mol. The Kier molecular flexibility index (Phi) is 4.97. The minimum atomic E-state index is -0.260. The molecule has 0 radical (unpaired) electrons. The molecule has 2 aromatic carbocycles. The number of carbonyl (C=O) groups is 1. The van der Waals surface area contributed by atoms with E-state index in [1.54, 1.807) is 31.5 Å². The number of nitrogens with zero attached hydrogens (tertiary/aromatic N) is 1. The van der Waals surface area contributed by atoms with Crippen molar-refractivity contribution in [1.29, 1.82) is 0 Å². The lowest BCUT2D eigenvalue weighted by Crippen LogP contribution is -2.13. The van der Waals surface area contributed by atoms with E-state index in [9.17, 15) is 4.79 Å². The smallest absolute Gasteiger partial charge is 0.257 e. The summed E-state index contributed by atoms with van der Waals surface area (Å²) in [6.45, 7) is 0.815. The van der Waals surface area contributed by atoms with Gasteiger partial charge in [0, 0.05) is 18.9 Å². The quantitative estimate of drug-likeness (QED) is 0.682. The van der Waals surface area contributed by atoms with E-state index in [0.29, 0.717) is 23.5 Å². The monoisotopic (exact) mass is 377 g/mol. The van der Waals surface area contributed by atoms with Crippen molar-refractivity contribution in [2.24, 2.45) is 0 Å². The number of hydrogen-bond donors (Lipinski definition) is 2. The van der Waals surface area contributed by atoms with E-state index in [1.807, 2.05) is 30.3 Å². The molecule has 7 nitrogen and oxygen atoms in total. The first kappa shape index (κ1) is 17.7. The highest BCUT2D eigenvalue weighted by molar-refractivity contribution is 6.05. The summed E-state index contributed by atoms with van der Waals surface area (Å²) < 4.78 is 16.0. The van der Waals surface area contributed by atoms with Gasteiger partial charge in [0.05, 0.1) is 24.0 Å². The Morgan fingerprint density at radius 3 is 2.86 bits per heavy atom. The van der Waals surface area contributed by atoms with Crippen LogP contribution in [0.25, 0.3) is 0 Å². The molecule has 1 amide bonds. The van der Waals surface area contributed by atoms with Crippen molar-refractivity contribution < 1.29 is 19.0 Å². The molecule has 0 spiro atoms. The zero-order valence-electron chi connectivity index (χ0n) is 15.3. The molecule has 0 fully saturated rings. The number of anilines is 2. The van der Waals surface area contributed by atoms with E-state index in [1.165, 1.54) is 6.20 Å². The third kappa shape index (κ3) is 3.83. The Morgan fingerprint density at radius 2 is 1.96 bits per heavy atom. The molecule has 1 aromatic heterocycles. The van der Waals surface area contributed by atoms with Crippen LogP contribution >= 0.6 is 0 Å². The van der Waals surface area contributed by atoms with E-state index in [-0.39, 0.29) is 12.7 Å². The molecule has 2 N–H and O–H groups in total. The molecule has 4 rings (SSSR count). The molecular weight excluding hydrogens is 358 g/mol. The van der Waals surface area contributed by atoms with E-state index < -0.39 is 0 Å². The second-order valence-electron chi connectivity index (χ2n) is 6.16. The fraction of sp³-hybridized carbons (Fsp3) is 0.143. The lowest BCUT2D eigenvalue weighted by molar-refractivity contribution is 0.102. The molecule has 142 valence electrons. The van der Waals surface area contributed by atoms with Crippen LogP contribution in [-0.2, 0) is 6.54 Å². The van der Waals surface area contributed by atoms with Crippen LogP contribution < -0.4 is 24.8 Å². The number of hydrogen-bond acceptors (Lipinski definition) is 6. The topological polar surface area (TPSA) is 81.7 Å². The lowest BCUT2D eigenvalue weighted by atomic mass is 10.2. The molecule has 2 heterocycles. The number of amides is 1. The standard InChI is InChI=1S/C21H19N3O4/c1-26-18-5-3-2-4-17(18)24-21(25)15-9-16(12-22-11-15)23-10-14-6-7-19-20(8-14)28-13-27-19/h2-9,11-12,23H,10,13H2,1H3,(H,24,25). The molecule has 0 saturated carbocycles. The van der Waals surface area contributed by atoms with Gasteiger partial charge < -0.3 is 24.8 Å². The molecule has 3 aromatic rings. The zero-order chi connectivity index (χ0) is 19.3. The summed E-state index contributed by atoms with van der Waals surface area (Å²) in [7, 11) is 1.56. The van der Waals surface area contributed by atoms with Crippen LogP contribution in [0.4, 0.5) is 11.4 Å². The maximum absolute atomic E-state index is 12.6. The molecule has 1 aliphatic rings. The number of aromatic nitrogens is 1. The van der Waals surface area contributed by atoms with E-state index in [2.05, 4.69) is 15.6 Å². The van der Waals surface area contributed by atoms with Gasteiger partial charge in [-0.05, 0) is 35.9 Å². The molecule has 28 heavy (non-hydrogen) atoms. The Bertz CT molecular complexity index is 1010. The van der Waals surface area contributed by atoms with Crippen molar-refractivity contribution in [2.75, 3.05) is 24.5 Å². The van der Waals surface area contributed by atoms with Crippen molar-refractivity contribution in [3.05, 3.63) is 72.1 Å². The van der Waals surface area contributed by atoms with Gasteiger partial charge in [-0.1, -0.05) is 18.2 Å². The minimum Gasteiger partial charge on any atom is -0.495 e. The van der Waals surface area contributed by atoms with Gasteiger partial charge in [-0.25, -0.2) is 0 Å². The van der Waals surface area contributed by atoms with Crippen molar-refractivity contribution in [3.63, 3.8) is 0 Å². The molecule has 0 bridgehead atoms. The van der Waals surface area contributed by atoms with E-state index in [4.69, 9.17) is 14.2 Å². The Balaban J connectivity index is 1.43. The second-order valence-corrected chi connectivity index (χ2v) is 6.16. The third-order valence-corrected chi connectivity index (χ3v) is 4.29. The van der Waals surface area contributed by atoms with Crippen LogP contribution in [0.5, 0.6) is 17.2 Å². The van der Waals surface area contributed by atoms with Gasteiger partial charge in [0.15, 0.2) is 11.5 Å². The number of para-hydroxylation sites is 2. The maximum atomic E-state index is 12.6. The number of nitrogens with one attached hydrogen (secondary N) is 2. The maximum Gasteiger partial charge on any atom is 0.257 e. The van der Waals surface area contributed by atoms with Gasteiger partial charge >= 0.3 is 0 Å². The fourth-order valence-corrected chi connectivity index (χ4v) is 2.86. The predicted octanol–water partition coefficient (Wildman–Crippen LogP) is 3.68.